The lowest BCUT2D eigenvalue weighted by Crippen LogP contribution is -2.36. The van der Waals surface area contributed by atoms with Crippen LogP contribution in [0, 0.1) is 11.8 Å². The molecule has 1 aliphatic carbocycles. The Balaban J connectivity index is 1.46. The zero-order chi connectivity index (χ0) is 20.5. The fourth-order valence-electron chi connectivity index (χ4n) is 4.33. The van der Waals surface area contributed by atoms with Crippen LogP contribution in [-0.2, 0) is 32.1 Å². The minimum Gasteiger partial charge on any atom is -0.459 e. The summed E-state index contributed by atoms with van der Waals surface area (Å²) in [6.45, 7) is 1.49. The Hall–Kier alpha value is -2.96. The van der Waals surface area contributed by atoms with Gasteiger partial charge < -0.3 is 9.15 Å². The largest absolute Gasteiger partial charge is 0.459 e. The standard InChI is InChI=1S/C22H23NO6/c1-2-13-7-8-15-14(10-19(24)29-18(15)9-13)12-28-20(25)11-23-21(26)16-5-3-4-6-17(16)22(23)27/h7-10,16-17H,2-6,11-12H2,1H3. The highest BCUT2D eigenvalue weighted by Gasteiger charge is 2.48. The van der Waals surface area contributed by atoms with Gasteiger partial charge in [-0.2, -0.15) is 0 Å². The van der Waals surface area contributed by atoms with Crippen molar-refractivity contribution in [1.29, 1.82) is 0 Å². The minimum absolute atomic E-state index is 0.129. The maximum Gasteiger partial charge on any atom is 0.336 e. The molecule has 1 saturated carbocycles. The van der Waals surface area contributed by atoms with E-state index in [0.717, 1.165) is 29.7 Å². The van der Waals surface area contributed by atoms with Gasteiger partial charge in [0.1, 0.15) is 18.7 Å². The second kappa shape index (κ2) is 7.81. The summed E-state index contributed by atoms with van der Waals surface area (Å²) >= 11 is 0. The molecule has 1 aliphatic heterocycles. The van der Waals surface area contributed by atoms with Crippen molar-refractivity contribution in [3.05, 3.63) is 45.8 Å². The van der Waals surface area contributed by atoms with Crippen molar-refractivity contribution in [2.24, 2.45) is 11.8 Å². The van der Waals surface area contributed by atoms with E-state index in [0.29, 0.717) is 29.4 Å². The van der Waals surface area contributed by atoms with Gasteiger partial charge in [0, 0.05) is 17.0 Å². The lowest BCUT2D eigenvalue weighted by molar-refractivity contribution is -0.153. The smallest absolute Gasteiger partial charge is 0.336 e. The van der Waals surface area contributed by atoms with E-state index in [1.807, 2.05) is 19.1 Å². The molecule has 1 aromatic carbocycles. The molecule has 0 spiro atoms. The Labute approximate surface area is 167 Å². The van der Waals surface area contributed by atoms with Crippen molar-refractivity contribution >= 4 is 28.8 Å². The predicted molar refractivity (Wildman–Crippen MR) is 104 cm³/mol. The average molecular weight is 397 g/mol. The molecule has 7 heteroatoms. The van der Waals surface area contributed by atoms with Gasteiger partial charge in [-0.1, -0.05) is 31.9 Å². The zero-order valence-electron chi connectivity index (χ0n) is 16.3. The average Bonchev–Trinajstić information content (AvgIpc) is 2.96. The first-order valence-corrected chi connectivity index (χ1v) is 10.0. The van der Waals surface area contributed by atoms with Crippen molar-refractivity contribution < 1.29 is 23.5 Å². The number of likely N-dealkylation sites (tertiary alicyclic amines) is 1. The number of amides is 2. The van der Waals surface area contributed by atoms with Crippen molar-refractivity contribution in [1.82, 2.24) is 4.90 Å². The number of esters is 1. The number of hydrogen-bond donors (Lipinski definition) is 0. The third kappa shape index (κ3) is 3.69. The highest BCUT2D eigenvalue weighted by atomic mass is 16.5. The quantitative estimate of drug-likeness (QED) is 0.437. The van der Waals surface area contributed by atoms with Gasteiger partial charge in [-0.15, -0.1) is 0 Å². The Morgan fingerprint density at radius 1 is 1.10 bits per heavy atom. The number of hydrogen-bond acceptors (Lipinski definition) is 6. The minimum atomic E-state index is -0.670. The van der Waals surface area contributed by atoms with Crippen molar-refractivity contribution in [3.63, 3.8) is 0 Å². The number of ether oxygens (including phenoxy) is 1. The van der Waals surface area contributed by atoms with E-state index in [1.165, 1.54) is 6.07 Å². The van der Waals surface area contributed by atoms with Gasteiger partial charge in [-0.3, -0.25) is 19.3 Å². The molecule has 0 N–H and O–H groups in total. The number of carbonyl (C=O) groups excluding carboxylic acids is 3. The third-order valence-electron chi connectivity index (χ3n) is 5.91. The molecule has 2 unspecified atom stereocenters. The second-order valence-corrected chi connectivity index (χ2v) is 7.70. The van der Waals surface area contributed by atoms with Crippen LogP contribution in [-0.4, -0.2) is 29.2 Å². The molecule has 2 heterocycles. The second-order valence-electron chi connectivity index (χ2n) is 7.70. The van der Waals surface area contributed by atoms with E-state index in [2.05, 4.69) is 0 Å². The van der Waals surface area contributed by atoms with E-state index < -0.39 is 11.6 Å². The molecule has 2 fully saturated rings. The molecule has 1 aromatic heterocycles. The van der Waals surface area contributed by atoms with Gasteiger partial charge in [0.25, 0.3) is 0 Å². The number of imide groups is 1. The Morgan fingerprint density at radius 2 is 1.79 bits per heavy atom. The van der Waals surface area contributed by atoms with Gasteiger partial charge in [-0.05, 0) is 30.9 Å². The molecule has 152 valence electrons. The summed E-state index contributed by atoms with van der Waals surface area (Å²) in [5.41, 5.74) is 1.48. The number of aryl methyl sites for hydroxylation is 1. The van der Waals surface area contributed by atoms with E-state index in [4.69, 9.17) is 9.15 Å². The van der Waals surface area contributed by atoms with Crippen molar-refractivity contribution in [3.8, 4) is 0 Å². The summed E-state index contributed by atoms with van der Waals surface area (Å²) in [5, 5.41) is 0.689. The van der Waals surface area contributed by atoms with Crippen LogP contribution in [0.4, 0.5) is 0 Å². The SMILES string of the molecule is CCc1ccc2c(COC(=O)CN3C(=O)C4CCCCC4C3=O)cc(=O)oc2c1. The highest BCUT2D eigenvalue weighted by Crippen LogP contribution is 2.37. The Morgan fingerprint density at radius 3 is 2.45 bits per heavy atom. The number of nitrogens with zero attached hydrogens (tertiary/aromatic N) is 1. The van der Waals surface area contributed by atoms with Crippen LogP contribution in [0.2, 0.25) is 0 Å². The van der Waals surface area contributed by atoms with Crippen LogP contribution in [0.1, 0.15) is 43.7 Å². The van der Waals surface area contributed by atoms with Crippen molar-refractivity contribution in [2.45, 2.75) is 45.6 Å². The molecular weight excluding hydrogens is 374 g/mol. The van der Waals surface area contributed by atoms with Crippen LogP contribution in [0.5, 0.6) is 0 Å². The fourth-order valence-corrected chi connectivity index (χ4v) is 4.33. The number of fused-ring (bicyclic) bond motifs is 2. The topological polar surface area (TPSA) is 93.9 Å². The summed E-state index contributed by atoms with van der Waals surface area (Å²) in [6, 6.07) is 6.85. The first-order valence-electron chi connectivity index (χ1n) is 10.0. The molecule has 1 saturated heterocycles. The van der Waals surface area contributed by atoms with Gasteiger partial charge in [0.2, 0.25) is 11.8 Å². The third-order valence-corrected chi connectivity index (χ3v) is 5.91. The molecule has 0 bridgehead atoms. The Bertz CT molecular complexity index is 1020. The van der Waals surface area contributed by atoms with Crippen molar-refractivity contribution in [2.75, 3.05) is 6.54 Å². The van der Waals surface area contributed by atoms with E-state index in [9.17, 15) is 19.2 Å². The maximum absolute atomic E-state index is 12.5. The van der Waals surface area contributed by atoms with Crippen LogP contribution >= 0.6 is 0 Å². The van der Waals surface area contributed by atoms with Crippen LogP contribution in [0.3, 0.4) is 0 Å². The fraction of sp³-hybridized carbons (Fsp3) is 0.455. The van der Waals surface area contributed by atoms with Crippen LogP contribution in [0.15, 0.2) is 33.5 Å². The molecule has 2 atom stereocenters. The normalized spacial score (nSPS) is 21.5. The Kier molecular flexibility index (Phi) is 5.22. The molecule has 29 heavy (non-hydrogen) atoms. The van der Waals surface area contributed by atoms with Gasteiger partial charge in [0.05, 0.1) is 11.8 Å². The zero-order valence-corrected chi connectivity index (χ0v) is 16.3. The molecular formula is C22H23NO6. The van der Waals surface area contributed by atoms with E-state index >= 15 is 0 Å². The summed E-state index contributed by atoms with van der Waals surface area (Å²) in [5.74, 6) is -1.79. The van der Waals surface area contributed by atoms with Gasteiger partial charge in [0.15, 0.2) is 0 Å². The number of carbonyl (C=O) groups is 3. The lowest BCUT2D eigenvalue weighted by atomic mass is 9.81. The summed E-state index contributed by atoms with van der Waals surface area (Å²) in [6.07, 6.45) is 4.07. The molecule has 7 nitrogen and oxygen atoms in total. The van der Waals surface area contributed by atoms with Crippen LogP contribution < -0.4 is 5.63 Å². The monoisotopic (exact) mass is 397 g/mol. The van der Waals surface area contributed by atoms with Gasteiger partial charge >= 0.3 is 11.6 Å². The molecule has 2 aromatic rings. The molecule has 2 aliphatic rings. The molecule has 2 amide bonds. The van der Waals surface area contributed by atoms with Crippen LogP contribution in [0.25, 0.3) is 11.0 Å². The lowest BCUT2D eigenvalue weighted by Gasteiger charge is -2.19. The highest BCUT2D eigenvalue weighted by molar-refractivity contribution is 6.07. The summed E-state index contributed by atoms with van der Waals surface area (Å²) in [4.78, 5) is 50.2. The first kappa shape index (κ1) is 19.4. The maximum atomic E-state index is 12.5. The first-order chi connectivity index (χ1) is 14.0. The van der Waals surface area contributed by atoms with E-state index in [-0.39, 0.29) is 36.8 Å². The predicted octanol–water partition coefficient (Wildman–Crippen LogP) is 2.57. The molecule has 4 rings (SSSR count). The summed E-state index contributed by atoms with van der Waals surface area (Å²) in [7, 11) is 0. The number of benzene rings is 1. The van der Waals surface area contributed by atoms with E-state index in [1.54, 1.807) is 6.07 Å². The number of rotatable bonds is 5. The summed E-state index contributed by atoms with van der Waals surface area (Å²) < 4.78 is 10.5. The molecule has 0 radical (unpaired) electrons. The van der Waals surface area contributed by atoms with Gasteiger partial charge in [-0.25, -0.2) is 4.79 Å².